The van der Waals surface area contributed by atoms with Crippen molar-refractivity contribution in [2.45, 2.75) is 116 Å². The van der Waals surface area contributed by atoms with Gasteiger partial charge >= 0.3 is 0 Å². The zero-order valence-electron chi connectivity index (χ0n) is 34.1. The number of aromatic nitrogens is 4. The Labute approximate surface area is 329 Å². The summed E-state index contributed by atoms with van der Waals surface area (Å²) in [5.74, 6) is 9.60. The van der Waals surface area contributed by atoms with E-state index in [4.69, 9.17) is 13.9 Å². The first-order valence-electron chi connectivity index (χ1n) is 20.0. The fraction of sp³-hybridized carbons (Fsp3) is 0.511. The molecule has 0 saturated heterocycles. The molecule has 0 atom stereocenters. The zero-order valence-corrected chi connectivity index (χ0v) is 35.1. The third kappa shape index (κ3) is 10.2. The first-order chi connectivity index (χ1) is 26.3. The minimum atomic E-state index is -1.88. The number of tetrazole rings is 1. The number of nitrogens with zero attached hydrogens (tertiary/aromatic N) is 5. The number of benzene rings is 3. The lowest BCUT2D eigenvalue weighted by Crippen LogP contribution is -2.46. The van der Waals surface area contributed by atoms with Gasteiger partial charge in [0.25, 0.3) is 0 Å². The predicted molar refractivity (Wildman–Crippen MR) is 221 cm³/mol. The molecule has 2 fully saturated rings. The number of aryl methyl sites for hydroxylation is 1. The third-order valence-corrected chi connectivity index (χ3v) is 16.7. The first kappa shape index (κ1) is 40.2. The SMILES string of the molecule is COc1ccc(Cn2nnc(C#Cc3cccc(N(CC4CCC(c5ccc(OC)c(C)c5)CC4)C(=O)C4CCC(O[Si](C)(C)C(C)(C)C)CC4)c3)n2)cc1. The Hall–Kier alpha value is -4.46. The average Bonchev–Trinajstić information content (AvgIpc) is 3.63. The highest BCUT2D eigenvalue weighted by atomic mass is 28.4. The summed E-state index contributed by atoms with van der Waals surface area (Å²) in [7, 11) is 1.50. The van der Waals surface area contributed by atoms with Crippen molar-refractivity contribution < 1.29 is 18.7 Å². The number of ether oxygens (including phenoxy) is 2. The summed E-state index contributed by atoms with van der Waals surface area (Å²) in [6.07, 6.45) is 8.22. The lowest BCUT2D eigenvalue weighted by molar-refractivity contribution is -0.124. The van der Waals surface area contributed by atoms with Crippen LogP contribution in [0.5, 0.6) is 11.5 Å². The van der Waals surface area contributed by atoms with Crippen molar-refractivity contribution in [3.63, 3.8) is 0 Å². The number of hydrogen-bond donors (Lipinski definition) is 0. The van der Waals surface area contributed by atoms with Crippen molar-refractivity contribution in [1.29, 1.82) is 0 Å². The van der Waals surface area contributed by atoms with Gasteiger partial charge in [0.2, 0.25) is 11.7 Å². The molecule has 9 nitrogen and oxygen atoms in total. The normalized spacial score (nSPS) is 20.3. The largest absolute Gasteiger partial charge is 0.497 e. The number of carbonyl (C=O) groups is 1. The van der Waals surface area contributed by atoms with E-state index in [-0.39, 0.29) is 23.0 Å². The maximum atomic E-state index is 14.6. The van der Waals surface area contributed by atoms with E-state index in [9.17, 15) is 4.79 Å². The van der Waals surface area contributed by atoms with E-state index in [1.165, 1.54) is 11.1 Å². The maximum absolute atomic E-state index is 14.6. The van der Waals surface area contributed by atoms with Gasteiger partial charge in [0.1, 0.15) is 11.5 Å². The monoisotopic (exact) mass is 761 g/mol. The molecule has 4 aromatic rings. The Morgan fingerprint density at radius 3 is 2.27 bits per heavy atom. The predicted octanol–water partition coefficient (Wildman–Crippen LogP) is 9.33. The van der Waals surface area contributed by atoms with E-state index >= 15 is 0 Å². The van der Waals surface area contributed by atoms with E-state index in [0.717, 1.165) is 79.7 Å². The molecule has 1 aromatic heterocycles. The van der Waals surface area contributed by atoms with Crippen molar-refractivity contribution in [2.24, 2.45) is 11.8 Å². The van der Waals surface area contributed by atoms with Crippen LogP contribution in [-0.2, 0) is 15.8 Å². The van der Waals surface area contributed by atoms with Gasteiger partial charge in [-0.25, -0.2) is 0 Å². The number of carbonyl (C=O) groups excluding carboxylic acids is 1. The van der Waals surface area contributed by atoms with Crippen molar-refractivity contribution in [2.75, 3.05) is 25.7 Å². The fourth-order valence-electron chi connectivity index (χ4n) is 7.79. The molecule has 10 heteroatoms. The number of hydrogen-bond acceptors (Lipinski definition) is 7. The highest BCUT2D eigenvalue weighted by Crippen LogP contribution is 2.41. The van der Waals surface area contributed by atoms with Crippen LogP contribution in [0, 0.1) is 30.6 Å². The maximum Gasteiger partial charge on any atom is 0.248 e. The molecule has 1 heterocycles. The molecule has 0 aliphatic heterocycles. The van der Waals surface area contributed by atoms with Crippen LogP contribution >= 0.6 is 0 Å². The van der Waals surface area contributed by atoms with Crippen molar-refractivity contribution in [3.05, 3.63) is 94.8 Å². The minimum Gasteiger partial charge on any atom is -0.497 e. The van der Waals surface area contributed by atoms with Gasteiger partial charge in [-0.15, -0.1) is 5.10 Å². The molecule has 0 unspecified atom stereocenters. The summed E-state index contributed by atoms with van der Waals surface area (Å²) in [6.45, 7) is 14.8. The summed E-state index contributed by atoms with van der Waals surface area (Å²) in [6, 6.07) is 22.5. The molecule has 1 amide bonds. The molecular formula is C45H59N5O4Si. The van der Waals surface area contributed by atoms with Crippen LogP contribution in [0.25, 0.3) is 0 Å². The standard InChI is InChI=1S/C45H59N5O4Si/c1-32-28-38(21-26-42(32)53-6)36-17-12-34(13-18-36)30-49(44(51)37-19-24-41(25-20-37)54-55(7,8)45(2,3)4)39-11-9-10-33(29-39)16-27-43-46-48-50(47-43)31-35-14-22-40(52-5)23-15-35/h9-11,14-15,21-23,26,28-29,34,36-37,41H,12-13,17-20,24-25,30-31H2,1-8H3. The van der Waals surface area contributed by atoms with Gasteiger partial charge in [0.05, 0.1) is 20.8 Å². The van der Waals surface area contributed by atoms with Crippen LogP contribution < -0.4 is 14.4 Å². The highest BCUT2D eigenvalue weighted by molar-refractivity contribution is 6.74. The second-order valence-electron chi connectivity index (χ2n) is 17.0. The second-order valence-corrected chi connectivity index (χ2v) is 21.8. The van der Waals surface area contributed by atoms with Crippen molar-refractivity contribution >= 4 is 19.9 Å². The number of rotatable bonds is 11. The molecular weight excluding hydrogens is 703 g/mol. The van der Waals surface area contributed by atoms with Crippen LogP contribution in [-0.4, -0.2) is 61.3 Å². The summed E-state index contributed by atoms with van der Waals surface area (Å²) in [5.41, 5.74) is 5.33. The second kappa shape index (κ2) is 17.6. The molecule has 0 bridgehead atoms. The molecule has 3 aromatic carbocycles. The fourth-order valence-corrected chi connectivity index (χ4v) is 9.21. The van der Waals surface area contributed by atoms with Gasteiger partial charge in [-0.2, -0.15) is 4.80 Å². The van der Waals surface area contributed by atoms with Gasteiger partial charge in [0, 0.05) is 29.8 Å². The number of methoxy groups -OCH3 is 2. The van der Waals surface area contributed by atoms with Gasteiger partial charge in [-0.1, -0.05) is 62.1 Å². The van der Waals surface area contributed by atoms with E-state index in [1.54, 1.807) is 19.0 Å². The number of amides is 1. The Morgan fingerprint density at radius 2 is 1.62 bits per heavy atom. The molecule has 2 aliphatic carbocycles. The van der Waals surface area contributed by atoms with E-state index in [1.807, 2.05) is 42.5 Å². The molecule has 0 radical (unpaired) electrons. The summed E-state index contributed by atoms with van der Waals surface area (Å²) in [5, 5.41) is 13.0. The Morgan fingerprint density at radius 1 is 0.891 bits per heavy atom. The molecule has 2 saturated carbocycles. The summed E-state index contributed by atoms with van der Waals surface area (Å²) < 4.78 is 17.6. The van der Waals surface area contributed by atoms with Gasteiger partial charge in [0.15, 0.2) is 8.32 Å². The van der Waals surface area contributed by atoms with E-state index < -0.39 is 8.32 Å². The Kier molecular flexibility index (Phi) is 12.8. The van der Waals surface area contributed by atoms with E-state index in [0.29, 0.717) is 30.7 Å². The minimum absolute atomic E-state index is 0.0161. The van der Waals surface area contributed by atoms with E-state index in [2.05, 4.69) is 97.2 Å². The molecule has 2 aliphatic rings. The highest BCUT2D eigenvalue weighted by Gasteiger charge is 2.41. The van der Waals surface area contributed by atoms with Gasteiger partial charge in [-0.05, 0) is 152 Å². The van der Waals surface area contributed by atoms with Crippen LogP contribution in [0.2, 0.25) is 18.1 Å². The molecule has 55 heavy (non-hydrogen) atoms. The lowest BCUT2D eigenvalue weighted by Gasteiger charge is -2.41. The zero-order chi connectivity index (χ0) is 39.2. The Bertz CT molecular complexity index is 1960. The molecule has 292 valence electrons. The topological polar surface area (TPSA) is 91.6 Å². The summed E-state index contributed by atoms with van der Waals surface area (Å²) in [4.78, 5) is 18.2. The van der Waals surface area contributed by atoms with Crippen LogP contribution in [0.1, 0.15) is 106 Å². The van der Waals surface area contributed by atoms with Crippen molar-refractivity contribution in [1.82, 2.24) is 20.2 Å². The van der Waals surface area contributed by atoms with Gasteiger partial charge < -0.3 is 18.8 Å². The third-order valence-electron chi connectivity index (χ3n) is 12.1. The van der Waals surface area contributed by atoms with Gasteiger partial charge in [-0.3, -0.25) is 4.79 Å². The molecule has 6 rings (SSSR count). The van der Waals surface area contributed by atoms with Crippen LogP contribution in [0.15, 0.2) is 66.7 Å². The average molecular weight is 762 g/mol. The summed E-state index contributed by atoms with van der Waals surface area (Å²) >= 11 is 0. The molecule has 0 spiro atoms. The Balaban J connectivity index is 1.16. The van der Waals surface area contributed by atoms with Crippen molar-refractivity contribution in [3.8, 4) is 23.3 Å². The number of anilines is 1. The quantitative estimate of drug-likeness (QED) is 0.111. The molecule has 0 N–H and O–H groups in total. The first-order valence-corrected chi connectivity index (χ1v) is 22.9. The lowest BCUT2D eigenvalue weighted by atomic mass is 9.78. The smallest absolute Gasteiger partial charge is 0.248 e. The van der Waals surface area contributed by atoms with Crippen LogP contribution in [0.3, 0.4) is 0 Å². The van der Waals surface area contributed by atoms with Crippen LogP contribution in [0.4, 0.5) is 5.69 Å².